The van der Waals surface area contributed by atoms with Gasteiger partial charge in [-0.1, -0.05) is 6.92 Å². The lowest BCUT2D eigenvalue weighted by molar-refractivity contribution is -0.130. The zero-order chi connectivity index (χ0) is 21.3. The van der Waals surface area contributed by atoms with E-state index in [1.807, 2.05) is 32.8 Å². The van der Waals surface area contributed by atoms with Crippen molar-refractivity contribution in [3.63, 3.8) is 0 Å². The first kappa shape index (κ1) is 23.7. The molecule has 0 aliphatic carbocycles. The van der Waals surface area contributed by atoms with Gasteiger partial charge < -0.3 is 25.0 Å². The number of aromatic carboxylic acids is 1. The lowest BCUT2D eigenvalue weighted by Gasteiger charge is -2.23. The largest absolute Gasteiger partial charge is 0.478 e. The number of hydrogen-bond donors (Lipinski definition) is 2. The molecule has 0 radical (unpaired) electrons. The van der Waals surface area contributed by atoms with Crippen LogP contribution in [-0.2, 0) is 16.1 Å². The smallest absolute Gasteiger partial charge is 0.336 e. The molecular formula is C20H32N4O4. The van der Waals surface area contributed by atoms with Crippen molar-refractivity contribution in [3.8, 4) is 0 Å². The van der Waals surface area contributed by atoms with Gasteiger partial charge >= 0.3 is 5.97 Å². The molecule has 8 nitrogen and oxygen atoms in total. The van der Waals surface area contributed by atoms with E-state index in [4.69, 9.17) is 0 Å². The first-order valence-corrected chi connectivity index (χ1v) is 9.51. The molecule has 156 valence electrons. The second kappa shape index (κ2) is 11.5. The molecule has 1 rings (SSSR count). The van der Waals surface area contributed by atoms with Gasteiger partial charge in [0.05, 0.1) is 17.8 Å². The number of carboxylic acids is 1. The van der Waals surface area contributed by atoms with Crippen molar-refractivity contribution in [1.29, 1.82) is 0 Å². The number of nitrogens with one attached hydrogen (secondary N) is 1. The van der Waals surface area contributed by atoms with Crippen LogP contribution in [0.1, 0.15) is 54.7 Å². The van der Waals surface area contributed by atoms with Gasteiger partial charge in [-0.05, 0) is 45.5 Å². The third-order valence-corrected chi connectivity index (χ3v) is 4.51. The van der Waals surface area contributed by atoms with Crippen LogP contribution in [0.5, 0.6) is 0 Å². The van der Waals surface area contributed by atoms with Crippen LogP contribution in [0, 0.1) is 0 Å². The van der Waals surface area contributed by atoms with Gasteiger partial charge in [-0.25, -0.2) is 4.79 Å². The van der Waals surface area contributed by atoms with E-state index in [0.29, 0.717) is 24.3 Å². The molecule has 0 aliphatic rings. The van der Waals surface area contributed by atoms with Gasteiger partial charge in [0.1, 0.15) is 5.78 Å². The van der Waals surface area contributed by atoms with E-state index in [1.54, 1.807) is 4.90 Å². The number of carbonyl (C=O) groups is 3. The van der Waals surface area contributed by atoms with Crippen molar-refractivity contribution in [2.75, 3.05) is 40.3 Å². The minimum absolute atomic E-state index is 0.0127. The molecule has 1 aromatic rings. The summed E-state index contributed by atoms with van der Waals surface area (Å²) in [5.74, 6) is -1.35. The van der Waals surface area contributed by atoms with Crippen LogP contribution in [0.25, 0.3) is 0 Å². The Hall–Kier alpha value is -2.32. The SMILES string of the molecule is CCN(CCN(C)C)C(=O)CNCc1nccc(C(=O)O)c1C(C)CC(C)=O. The molecule has 1 atom stereocenters. The van der Waals surface area contributed by atoms with Crippen molar-refractivity contribution in [2.24, 2.45) is 0 Å². The Morgan fingerprint density at radius 2 is 1.93 bits per heavy atom. The number of ketones is 1. The minimum atomic E-state index is -1.05. The number of hydrogen-bond acceptors (Lipinski definition) is 6. The fraction of sp³-hybridized carbons (Fsp3) is 0.600. The third-order valence-electron chi connectivity index (χ3n) is 4.51. The molecular weight excluding hydrogens is 360 g/mol. The van der Waals surface area contributed by atoms with Crippen LogP contribution < -0.4 is 5.32 Å². The summed E-state index contributed by atoms with van der Waals surface area (Å²) in [6, 6.07) is 1.45. The Morgan fingerprint density at radius 1 is 1.25 bits per heavy atom. The standard InChI is InChI=1S/C20H32N4O4/c1-6-24(10-9-23(4)5)18(26)13-21-12-17-19(14(2)11-15(3)25)16(20(27)28)7-8-22-17/h7-8,14,21H,6,9-13H2,1-5H3,(H,27,28). The number of rotatable bonds is 12. The van der Waals surface area contributed by atoms with Gasteiger partial charge in [0.2, 0.25) is 5.91 Å². The quantitative estimate of drug-likeness (QED) is 0.554. The highest BCUT2D eigenvalue weighted by atomic mass is 16.4. The summed E-state index contributed by atoms with van der Waals surface area (Å²) in [5, 5.41) is 12.6. The molecule has 0 aromatic carbocycles. The van der Waals surface area contributed by atoms with Crippen LogP contribution in [0.2, 0.25) is 0 Å². The van der Waals surface area contributed by atoms with Crippen molar-refractivity contribution in [2.45, 2.75) is 39.7 Å². The molecule has 0 spiro atoms. The summed E-state index contributed by atoms with van der Waals surface area (Å²) >= 11 is 0. The molecule has 1 heterocycles. The molecule has 0 saturated carbocycles. The van der Waals surface area contributed by atoms with Gasteiger partial charge in [0, 0.05) is 38.8 Å². The molecule has 1 aromatic heterocycles. The van der Waals surface area contributed by atoms with E-state index in [0.717, 1.165) is 6.54 Å². The van der Waals surface area contributed by atoms with Crippen LogP contribution in [-0.4, -0.2) is 77.8 Å². The molecule has 0 fully saturated rings. The minimum Gasteiger partial charge on any atom is -0.478 e. The average Bonchev–Trinajstić information content (AvgIpc) is 2.61. The molecule has 2 N–H and O–H groups in total. The number of Topliss-reactive ketones (excluding diaryl/α,β-unsaturated/α-hetero) is 1. The number of amides is 1. The summed E-state index contributed by atoms with van der Waals surface area (Å²) in [7, 11) is 3.92. The zero-order valence-corrected chi connectivity index (χ0v) is 17.5. The molecule has 0 bridgehead atoms. The molecule has 8 heteroatoms. The van der Waals surface area contributed by atoms with Crippen molar-refractivity contribution < 1.29 is 19.5 Å². The number of likely N-dealkylation sites (N-methyl/N-ethyl adjacent to an activating group) is 2. The number of pyridine rings is 1. The summed E-state index contributed by atoms with van der Waals surface area (Å²) in [6.07, 6.45) is 1.69. The molecule has 0 saturated heterocycles. The van der Waals surface area contributed by atoms with Crippen LogP contribution in [0.15, 0.2) is 12.3 Å². The first-order chi connectivity index (χ1) is 13.2. The van der Waals surface area contributed by atoms with Crippen molar-refractivity contribution in [3.05, 3.63) is 29.1 Å². The van der Waals surface area contributed by atoms with Gasteiger partial charge in [0.25, 0.3) is 0 Å². The normalized spacial score (nSPS) is 12.1. The van der Waals surface area contributed by atoms with E-state index in [1.165, 1.54) is 19.2 Å². The third kappa shape index (κ3) is 7.36. The molecule has 1 amide bonds. The Labute approximate surface area is 166 Å². The Bertz CT molecular complexity index is 691. The van der Waals surface area contributed by atoms with Crippen molar-refractivity contribution in [1.82, 2.24) is 20.1 Å². The summed E-state index contributed by atoms with van der Waals surface area (Å²) in [5.41, 5.74) is 1.25. The second-order valence-corrected chi connectivity index (χ2v) is 7.21. The van der Waals surface area contributed by atoms with Gasteiger partial charge in [-0.15, -0.1) is 0 Å². The predicted molar refractivity (Wildman–Crippen MR) is 107 cm³/mol. The Kier molecular flexibility index (Phi) is 9.75. The topological polar surface area (TPSA) is 103 Å². The molecule has 1 unspecified atom stereocenters. The highest BCUT2D eigenvalue weighted by Gasteiger charge is 2.21. The number of carboxylic acid groups (broad SMARTS) is 1. The number of aromatic nitrogens is 1. The predicted octanol–water partition coefficient (Wildman–Crippen LogP) is 1.36. The second-order valence-electron chi connectivity index (χ2n) is 7.21. The highest BCUT2D eigenvalue weighted by Crippen LogP contribution is 2.26. The summed E-state index contributed by atoms with van der Waals surface area (Å²) in [4.78, 5) is 43.6. The fourth-order valence-electron chi connectivity index (χ4n) is 3.11. The maximum absolute atomic E-state index is 12.4. The number of nitrogens with zero attached hydrogens (tertiary/aromatic N) is 3. The lowest BCUT2D eigenvalue weighted by atomic mass is 9.90. The van der Waals surface area contributed by atoms with Crippen molar-refractivity contribution >= 4 is 17.7 Å². The maximum Gasteiger partial charge on any atom is 0.336 e. The van der Waals surface area contributed by atoms with Crippen LogP contribution in [0.4, 0.5) is 0 Å². The van der Waals surface area contributed by atoms with E-state index in [9.17, 15) is 19.5 Å². The maximum atomic E-state index is 12.4. The Balaban J connectivity index is 2.85. The Morgan fingerprint density at radius 3 is 2.46 bits per heavy atom. The van der Waals surface area contributed by atoms with Gasteiger partial charge in [0.15, 0.2) is 0 Å². The molecule has 0 aliphatic heterocycles. The van der Waals surface area contributed by atoms with E-state index in [-0.39, 0.29) is 42.7 Å². The zero-order valence-electron chi connectivity index (χ0n) is 17.5. The number of carbonyl (C=O) groups excluding carboxylic acids is 2. The van der Waals surface area contributed by atoms with Gasteiger partial charge in [-0.3, -0.25) is 9.78 Å². The van der Waals surface area contributed by atoms with Crippen LogP contribution in [0.3, 0.4) is 0 Å². The molecule has 28 heavy (non-hydrogen) atoms. The summed E-state index contributed by atoms with van der Waals surface area (Å²) < 4.78 is 0. The first-order valence-electron chi connectivity index (χ1n) is 9.51. The lowest BCUT2D eigenvalue weighted by Crippen LogP contribution is -2.41. The highest BCUT2D eigenvalue weighted by molar-refractivity contribution is 5.90. The average molecular weight is 393 g/mol. The van der Waals surface area contributed by atoms with Gasteiger partial charge in [-0.2, -0.15) is 0 Å². The van der Waals surface area contributed by atoms with E-state index >= 15 is 0 Å². The van der Waals surface area contributed by atoms with E-state index < -0.39 is 5.97 Å². The summed E-state index contributed by atoms with van der Waals surface area (Å²) in [6.45, 7) is 7.70. The fourth-order valence-corrected chi connectivity index (χ4v) is 3.11. The monoisotopic (exact) mass is 392 g/mol. The van der Waals surface area contributed by atoms with E-state index in [2.05, 4.69) is 10.3 Å². The van der Waals surface area contributed by atoms with Crippen LogP contribution >= 0.6 is 0 Å².